The second kappa shape index (κ2) is 4.21. The first-order chi connectivity index (χ1) is 9.06. The van der Waals surface area contributed by atoms with E-state index < -0.39 is 0 Å². The van der Waals surface area contributed by atoms with Crippen LogP contribution in [0.5, 0.6) is 0 Å². The molecule has 4 bridgehead atoms. The largest absolute Gasteiger partial charge is 0.324 e. The minimum Gasteiger partial charge on any atom is -0.324 e. The van der Waals surface area contributed by atoms with Crippen molar-refractivity contribution in [1.82, 2.24) is 5.32 Å². The van der Waals surface area contributed by atoms with Crippen molar-refractivity contribution in [3.63, 3.8) is 0 Å². The number of hydrogen-bond donors (Lipinski definition) is 2. The molecule has 0 aromatic rings. The molecule has 5 aliphatic rings. The lowest BCUT2D eigenvalue weighted by Crippen LogP contribution is -2.65. The highest BCUT2D eigenvalue weighted by molar-refractivity contribution is 5.11. The molecule has 0 radical (unpaired) electrons. The smallest absolute Gasteiger partial charge is 0.0309 e. The van der Waals surface area contributed by atoms with Gasteiger partial charge in [-0.2, -0.15) is 0 Å². The summed E-state index contributed by atoms with van der Waals surface area (Å²) in [5.41, 5.74) is 7.36. The van der Waals surface area contributed by atoms with Gasteiger partial charge < -0.3 is 11.1 Å². The summed E-state index contributed by atoms with van der Waals surface area (Å²) in [5.74, 6) is 3.04. The van der Waals surface area contributed by atoms with Crippen LogP contribution in [0.2, 0.25) is 0 Å². The number of nitrogens with one attached hydrogen (secondary N) is 1. The minimum atomic E-state index is 0.0125. The van der Waals surface area contributed by atoms with Crippen LogP contribution in [0.3, 0.4) is 0 Å². The zero-order chi connectivity index (χ0) is 13.1. The van der Waals surface area contributed by atoms with Gasteiger partial charge >= 0.3 is 0 Å². The Kier molecular flexibility index (Phi) is 2.80. The lowest BCUT2D eigenvalue weighted by molar-refractivity contribution is -0.0931. The molecule has 0 spiro atoms. The molecule has 0 saturated heterocycles. The van der Waals surface area contributed by atoms with E-state index in [-0.39, 0.29) is 5.54 Å². The summed E-state index contributed by atoms with van der Waals surface area (Å²) in [6.45, 7) is 3.40. The molecule has 0 amide bonds. The van der Waals surface area contributed by atoms with Crippen LogP contribution in [0.15, 0.2) is 0 Å². The van der Waals surface area contributed by atoms with Crippen molar-refractivity contribution in [3.8, 4) is 0 Å². The molecule has 2 heteroatoms. The molecule has 1 unspecified atom stereocenters. The average molecular weight is 262 g/mol. The number of nitrogens with two attached hydrogens (primary N) is 1. The fourth-order valence-electron chi connectivity index (χ4n) is 5.97. The molecule has 0 aliphatic heterocycles. The minimum absolute atomic E-state index is 0.0125. The van der Waals surface area contributed by atoms with Crippen LogP contribution in [-0.2, 0) is 0 Å². The standard InChI is InChI=1S/C17H30N2/c1-16(18,11-19-15-3-2-4-15)17-8-12-5-13(9-17)7-14(6-12)10-17/h12-15,19H,2-11,18H2,1H3. The van der Waals surface area contributed by atoms with E-state index in [2.05, 4.69) is 12.2 Å². The van der Waals surface area contributed by atoms with Crippen LogP contribution in [0, 0.1) is 23.2 Å². The Morgan fingerprint density at radius 3 is 2.00 bits per heavy atom. The van der Waals surface area contributed by atoms with Gasteiger partial charge in [-0.3, -0.25) is 0 Å². The fourth-order valence-corrected chi connectivity index (χ4v) is 5.97. The van der Waals surface area contributed by atoms with Gasteiger partial charge in [0.15, 0.2) is 0 Å². The van der Waals surface area contributed by atoms with Crippen molar-refractivity contribution in [2.75, 3.05) is 6.54 Å². The van der Waals surface area contributed by atoms with E-state index in [1.54, 1.807) is 0 Å². The van der Waals surface area contributed by atoms with Gasteiger partial charge in [-0.05, 0) is 81.5 Å². The summed E-state index contributed by atoms with van der Waals surface area (Å²) >= 11 is 0. The lowest BCUT2D eigenvalue weighted by atomic mass is 9.45. The first kappa shape index (κ1) is 12.6. The van der Waals surface area contributed by atoms with Gasteiger partial charge in [0.25, 0.3) is 0 Å². The van der Waals surface area contributed by atoms with Crippen LogP contribution in [0.4, 0.5) is 0 Å². The molecule has 2 nitrogen and oxygen atoms in total. The summed E-state index contributed by atoms with van der Waals surface area (Å²) in [6, 6.07) is 0.775. The van der Waals surface area contributed by atoms with Crippen molar-refractivity contribution in [3.05, 3.63) is 0 Å². The predicted octanol–water partition coefficient (Wildman–Crippen LogP) is 3.06. The molecule has 19 heavy (non-hydrogen) atoms. The number of hydrogen-bond acceptors (Lipinski definition) is 2. The first-order valence-electron chi connectivity index (χ1n) is 8.59. The third kappa shape index (κ3) is 1.98. The quantitative estimate of drug-likeness (QED) is 0.817. The molecule has 108 valence electrons. The highest BCUT2D eigenvalue weighted by Crippen LogP contribution is 2.63. The maximum absolute atomic E-state index is 6.88. The van der Waals surface area contributed by atoms with Gasteiger partial charge in [0, 0.05) is 18.1 Å². The van der Waals surface area contributed by atoms with Crippen molar-refractivity contribution >= 4 is 0 Å². The number of rotatable bonds is 4. The summed E-state index contributed by atoms with van der Waals surface area (Å²) < 4.78 is 0. The summed E-state index contributed by atoms with van der Waals surface area (Å²) in [7, 11) is 0. The fraction of sp³-hybridized carbons (Fsp3) is 1.00. The Morgan fingerprint density at radius 2 is 1.58 bits per heavy atom. The zero-order valence-electron chi connectivity index (χ0n) is 12.5. The molecule has 5 fully saturated rings. The average Bonchev–Trinajstić information content (AvgIpc) is 2.24. The van der Waals surface area contributed by atoms with E-state index in [0.29, 0.717) is 5.41 Å². The highest BCUT2D eigenvalue weighted by atomic mass is 15.0. The van der Waals surface area contributed by atoms with Gasteiger partial charge in [-0.1, -0.05) is 6.42 Å². The van der Waals surface area contributed by atoms with Gasteiger partial charge in [0.05, 0.1) is 0 Å². The van der Waals surface area contributed by atoms with Crippen LogP contribution < -0.4 is 11.1 Å². The second-order valence-corrected chi connectivity index (χ2v) is 8.62. The topological polar surface area (TPSA) is 38.0 Å². The normalized spacial score (nSPS) is 48.0. The van der Waals surface area contributed by atoms with Crippen molar-refractivity contribution < 1.29 is 0 Å². The molecule has 5 rings (SSSR count). The summed E-state index contributed by atoms with van der Waals surface area (Å²) in [6.07, 6.45) is 13.0. The van der Waals surface area contributed by atoms with E-state index >= 15 is 0 Å². The molecule has 3 N–H and O–H groups in total. The lowest BCUT2D eigenvalue weighted by Gasteiger charge is -2.62. The summed E-state index contributed by atoms with van der Waals surface area (Å²) in [4.78, 5) is 0. The van der Waals surface area contributed by atoms with E-state index in [1.807, 2.05) is 0 Å². The van der Waals surface area contributed by atoms with Crippen molar-refractivity contribution in [2.24, 2.45) is 28.9 Å². The van der Waals surface area contributed by atoms with E-state index in [1.165, 1.54) is 57.8 Å². The molecule has 5 saturated carbocycles. The van der Waals surface area contributed by atoms with Crippen molar-refractivity contribution in [2.45, 2.75) is 76.3 Å². The molecule has 0 heterocycles. The van der Waals surface area contributed by atoms with Crippen molar-refractivity contribution in [1.29, 1.82) is 0 Å². The van der Waals surface area contributed by atoms with Gasteiger partial charge in [-0.15, -0.1) is 0 Å². The third-order valence-electron chi connectivity index (χ3n) is 7.11. The monoisotopic (exact) mass is 262 g/mol. The Bertz CT molecular complexity index is 321. The van der Waals surface area contributed by atoms with E-state index in [9.17, 15) is 0 Å². The molecule has 0 aromatic heterocycles. The van der Waals surface area contributed by atoms with Gasteiger partial charge in [0.1, 0.15) is 0 Å². The van der Waals surface area contributed by atoms with Crippen LogP contribution in [-0.4, -0.2) is 18.1 Å². The predicted molar refractivity (Wildman–Crippen MR) is 78.8 cm³/mol. The van der Waals surface area contributed by atoms with E-state index in [4.69, 9.17) is 5.73 Å². The zero-order valence-corrected chi connectivity index (χ0v) is 12.5. The maximum Gasteiger partial charge on any atom is 0.0309 e. The van der Waals surface area contributed by atoms with Gasteiger partial charge in [-0.25, -0.2) is 0 Å². The Hall–Kier alpha value is -0.0800. The third-order valence-corrected chi connectivity index (χ3v) is 7.11. The first-order valence-corrected chi connectivity index (χ1v) is 8.59. The molecular formula is C17H30N2. The van der Waals surface area contributed by atoms with Crippen LogP contribution >= 0.6 is 0 Å². The van der Waals surface area contributed by atoms with Crippen LogP contribution in [0.1, 0.15) is 64.7 Å². The molecular weight excluding hydrogens is 232 g/mol. The Labute approximate surface area is 117 Å². The maximum atomic E-state index is 6.88. The summed E-state index contributed by atoms with van der Waals surface area (Å²) in [5, 5.41) is 3.76. The van der Waals surface area contributed by atoms with E-state index in [0.717, 1.165) is 30.3 Å². The van der Waals surface area contributed by atoms with Crippen LogP contribution in [0.25, 0.3) is 0 Å². The molecule has 0 aromatic carbocycles. The molecule has 1 atom stereocenters. The Morgan fingerprint density at radius 1 is 1.05 bits per heavy atom. The van der Waals surface area contributed by atoms with Gasteiger partial charge in [0.2, 0.25) is 0 Å². The second-order valence-electron chi connectivity index (χ2n) is 8.62. The Balaban J connectivity index is 1.49. The molecule has 5 aliphatic carbocycles. The highest BCUT2D eigenvalue weighted by Gasteiger charge is 2.57. The SMILES string of the molecule is CC(N)(CNC1CCC1)C12CC3CC(CC(C3)C1)C2.